The van der Waals surface area contributed by atoms with E-state index in [1.54, 1.807) is 11.9 Å². The molecule has 1 aliphatic rings. The third kappa shape index (κ3) is 9.70. The number of hydrogen-bond donors (Lipinski definition) is 2. The van der Waals surface area contributed by atoms with E-state index < -0.39 is 52.4 Å². The van der Waals surface area contributed by atoms with E-state index in [0.717, 1.165) is 24.3 Å². The first-order valence-corrected chi connectivity index (χ1v) is 14.2. The minimum Gasteiger partial charge on any atom is -0.481 e. The van der Waals surface area contributed by atoms with Crippen molar-refractivity contribution in [1.82, 2.24) is 14.5 Å². The van der Waals surface area contributed by atoms with Crippen molar-refractivity contribution in [1.29, 1.82) is 0 Å². The number of alkyl halides is 4. The van der Waals surface area contributed by atoms with Crippen LogP contribution < -0.4 is 10.2 Å². The molecule has 0 bridgehead atoms. The van der Waals surface area contributed by atoms with Crippen LogP contribution in [0.2, 0.25) is 0 Å². The third-order valence-corrected chi connectivity index (χ3v) is 8.03. The Morgan fingerprint density at radius 3 is 2.33 bits per heavy atom. The summed E-state index contributed by atoms with van der Waals surface area (Å²) in [4.78, 5) is 31.9. The minimum atomic E-state index is -4.62. The fourth-order valence-electron chi connectivity index (χ4n) is 5.45. The number of imidazole rings is 1. The summed E-state index contributed by atoms with van der Waals surface area (Å²) in [5.74, 6) is -5.32. The maximum absolute atomic E-state index is 16.9. The third-order valence-electron chi connectivity index (χ3n) is 8.03. The number of anilines is 2. The zero-order chi connectivity index (χ0) is 33.3. The maximum atomic E-state index is 16.9. The lowest BCUT2D eigenvalue weighted by Crippen LogP contribution is -2.47. The van der Waals surface area contributed by atoms with E-state index in [1.165, 1.54) is 27.9 Å². The Morgan fingerprint density at radius 1 is 1.08 bits per heavy atom. The van der Waals surface area contributed by atoms with E-state index in [2.05, 4.69) is 10.3 Å². The number of benzene rings is 2. The molecule has 0 aliphatic carbocycles. The molecule has 268 valence electrons. The fraction of sp³-hybridized carbons (Fsp3) is 0.452. The van der Waals surface area contributed by atoms with Crippen molar-refractivity contribution in [3.63, 3.8) is 0 Å². The van der Waals surface area contributed by atoms with Crippen LogP contribution in [0.3, 0.4) is 0 Å². The molecule has 1 amide bonds. The number of likely N-dealkylation sites (tertiary alicyclic amines) is 1. The van der Waals surface area contributed by atoms with E-state index in [0.29, 0.717) is 11.6 Å². The molecule has 48 heavy (non-hydrogen) atoms. The number of carboxylic acid groups (broad SMARTS) is 1. The second-order valence-corrected chi connectivity index (χ2v) is 12.2. The lowest BCUT2D eigenvalue weighted by Gasteiger charge is -2.32. The van der Waals surface area contributed by atoms with E-state index in [4.69, 9.17) is 5.11 Å². The molecular weight excluding hydrogens is 711 g/mol. The summed E-state index contributed by atoms with van der Waals surface area (Å²) in [6.07, 6.45) is -1.82. The molecule has 0 spiro atoms. The molecule has 17 heteroatoms. The highest BCUT2D eigenvalue weighted by molar-refractivity contribution is 5.97. The van der Waals surface area contributed by atoms with Crippen LogP contribution in [0.25, 0.3) is 0 Å². The number of aliphatic carboxylic acids is 1. The Bertz CT molecular complexity index is 1570. The summed E-state index contributed by atoms with van der Waals surface area (Å²) in [7, 11) is 1.54. The molecule has 4 rings (SSSR count). The van der Waals surface area contributed by atoms with Crippen molar-refractivity contribution >= 4 is 60.7 Å². The number of carboxylic acids is 1. The molecule has 2 heterocycles. The monoisotopic (exact) mass is 747 g/mol. The topological polar surface area (TPSA) is 90.7 Å². The Balaban J connectivity index is 0.00000384. The number of halogens is 9. The van der Waals surface area contributed by atoms with Gasteiger partial charge in [-0.05, 0) is 56.5 Å². The number of rotatable bonds is 10. The van der Waals surface area contributed by atoms with Gasteiger partial charge in [0.2, 0.25) is 11.6 Å². The van der Waals surface area contributed by atoms with E-state index in [-0.39, 0.29) is 93.4 Å². The van der Waals surface area contributed by atoms with Crippen LogP contribution in [0.15, 0.2) is 48.8 Å². The molecule has 0 saturated carbocycles. The molecule has 2 aromatic carbocycles. The highest BCUT2D eigenvalue weighted by Gasteiger charge is 2.56. The van der Waals surface area contributed by atoms with Gasteiger partial charge in [-0.15, -0.1) is 37.2 Å². The molecule has 1 aliphatic heterocycles. The van der Waals surface area contributed by atoms with Crippen molar-refractivity contribution in [3.8, 4) is 0 Å². The molecule has 2 atom stereocenters. The number of amides is 1. The van der Waals surface area contributed by atoms with Crippen LogP contribution in [0.1, 0.15) is 56.2 Å². The first-order chi connectivity index (χ1) is 20.9. The second kappa shape index (κ2) is 16.5. The number of nitrogens with one attached hydrogen (secondary N) is 1. The van der Waals surface area contributed by atoms with Crippen molar-refractivity contribution in [2.24, 2.45) is 0 Å². The fourth-order valence-corrected chi connectivity index (χ4v) is 5.45. The van der Waals surface area contributed by atoms with Crippen LogP contribution in [-0.2, 0) is 22.3 Å². The summed E-state index contributed by atoms with van der Waals surface area (Å²) < 4.78 is 87.5. The summed E-state index contributed by atoms with van der Waals surface area (Å²) in [5.41, 5.74) is -3.69. The largest absolute Gasteiger partial charge is 0.481 e. The van der Waals surface area contributed by atoms with Gasteiger partial charge in [-0.3, -0.25) is 19.8 Å². The average Bonchev–Trinajstić information content (AvgIpc) is 3.52. The van der Waals surface area contributed by atoms with Crippen LogP contribution in [0.4, 0.5) is 38.0 Å². The molecule has 3 aromatic rings. The first kappa shape index (κ1) is 42.8. The number of nitrogens with zero attached hydrogens (tertiary/aromatic N) is 4. The zero-order valence-electron chi connectivity index (χ0n) is 26.5. The van der Waals surface area contributed by atoms with Crippen molar-refractivity contribution in [2.75, 3.05) is 36.9 Å². The Hall–Kier alpha value is -3.20. The standard InChI is InChI=1S/C31H35F6N5O3.3ClH/c1-29(2,3)42-17-23(22-10-9-21(32)15-24(22)33)30(34,18-42)27(45)39-28-38-11-13-41(28)16-19-7-8-20(31(35,36)37)14-25(19)40(4)12-5-6-26(43)44;;;/h7-11,13-15,23H,5-6,12,16-18H2,1-4H3,(H,43,44)(H,38,39,45);3*1H/t23-,30-;;;/m0.../s1. The van der Waals surface area contributed by atoms with E-state index >= 15 is 4.39 Å². The minimum absolute atomic E-state index is 0. The first-order valence-electron chi connectivity index (χ1n) is 14.2. The van der Waals surface area contributed by atoms with Gasteiger partial charge >= 0.3 is 12.1 Å². The number of aromatic nitrogens is 2. The Labute approximate surface area is 293 Å². The zero-order valence-corrected chi connectivity index (χ0v) is 28.9. The smallest absolute Gasteiger partial charge is 0.416 e. The summed E-state index contributed by atoms with van der Waals surface area (Å²) in [6.45, 7) is 5.15. The number of carbonyl (C=O) groups is 2. The van der Waals surface area contributed by atoms with Crippen LogP contribution in [-0.4, -0.2) is 69.3 Å². The van der Waals surface area contributed by atoms with Gasteiger partial charge in [0.15, 0.2) is 0 Å². The quantitative estimate of drug-likeness (QED) is 0.211. The average molecular weight is 749 g/mol. The van der Waals surface area contributed by atoms with Crippen LogP contribution in [0.5, 0.6) is 0 Å². The van der Waals surface area contributed by atoms with Gasteiger partial charge in [0, 0.05) is 68.7 Å². The van der Waals surface area contributed by atoms with Crippen molar-refractivity contribution < 1.29 is 41.0 Å². The molecule has 2 N–H and O–H groups in total. The van der Waals surface area contributed by atoms with Crippen molar-refractivity contribution in [2.45, 2.75) is 63.5 Å². The predicted molar refractivity (Wildman–Crippen MR) is 178 cm³/mol. The molecule has 1 fully saturated rings. The van der Waals surface area contributed by atoms with Gasteiger partial charge in [0.05, 0.1) is 12.1 Å². The molecule has 1 saturated heterocycles. The van der Waals surface area contributed by atoms with Gasteiger partial charge in [-0.2, -0.15) is 13.2 Å². The summed E-state index contributed by atoms with van der Waals surface area (Å²) in [5, 5.41) is 11.4. The van der Waals surface area contributed by atoms with Gasteiger partial charge in [-0.25, -0.2) is 18.2 Å². The van der Waals surface area contributed by atoms with Crippen LogP contribution in [0, 0.1) is 11.6 Å². The SMILES string of the molecule is CN(CCCC(=O)O)c1cc(C(F)(F)F)ccc1Cn1ccnc1NC(=O)[C@]1(F)CN(C(C)(C)C)C[C@H]1c1ccc(F)cc1F.Cl.Cl.Cl. The highest BCUT2D eigenvalue weighted by Crippen LogP contribution is 2.43. The van der Waals surface area contributed by atoms with Gasteiger partial charge < -0.3 is 14.6 Å². The van der Waals surface area contributed by atoms with Gasteiger partial charge in [-0.1, -0.05) is 12.1 Å². The van der Waals surface area contributed by atoms with Gasteiger partial charge in [0.25, 0.3) is 5.91 Å². The number of carbonyl (C=O) groups excluding carboxylic acids is 1. The van der Waals surface area contributed by atoms with Crippen LogP contribution >= 0.6 is 37.2 Å². The predicted octanol–water partition coefficient (Wildman–Crippen LogP) is 7.34. The Morgan fingerprint density at radius 2 is 1.75 bits per heavy atom. The van der Waals surface area contributed by atoms with E-state index in [1.807, 2.05) is 20.8 Å². The summed E-state index contributed by atoms with van der Waals surface area (Å²) in [6, 6.07) is 5.92. The van der Waals surface area contributed by atoms with E-state index in [9.17, 15) is 31.5 Å². The van der Waals surface area contributed by atoms with Gasteiger partial charge in [0.1, 0.15) is 11.6 Å². The molecule has 0 radical (unpaired) electrons. The number of hydrogen-bond acceptors (Lipinski definition) is 5. The molecule has 0 unspecified atom stereocenters. The lowest BCUT2D eigenvalue weighted by molar-refractivity contribution is -0.138. The molecule has 8 nitrogen and oxygen atoms in total. The maximum Gasteiger partial charge on any atom is 0.416 e. The normalized spacial score (nSPS) is 17.9. The molecular formula is C31H38Cl3F6N5O3. The molecule has 1 aromatic heterocycles. The highest BCUT2D eigenvalue weighted by atomic mass is 35.5. The Kier molecular flexibility index (Phi) is 14.7. The summed E-state index contributed by atoms with van der Waals surface area (Å²) >= 11 is 0. The lowest BCUT2D eigenvalue weighted by atomic mass is 9.85. The second-order valence-electron chi connectivity index (χ2n) is 12.2. The van der Waals surface area contributed by atoms with Crippen molar-refractivity contribution in [3.05, 3.63) is 77.1 Å².